The molecule has 0 rings (SSSR count). The van der Waals surface area contributed by atoms with Crippen molar-refractivity contribution in [1.29, 1.82) is 0 Å². The Bertz CT molecular complexity index is 191. The van der Waals surface area contributed by atoms with Crippen molar-refractivity contribution in [1.82, 2.24) is 5.32 Å². The highest BCUT2D eigenvalue weighted by Gasteiger charge is 2.31. The molecule has 0 aromatic carbocycles. The maximum atomic E-state index is 10.8. The Morgan fingerprint density at radius 1 is 1.15 bits per heavy atom. The van der Waals surface area contributed by atoms with Gasteiger partial charge in [0.1, 0.15) is 6.29 Å². The zero-order valence-corrected chi connectivity index (χ0v) is 15.3. The molecule has 0 amide bonds. The van der Waals surface area contributed by atoms with E-state index < -0.39 is 0 Å². The van der Waals surface area contributed by atoms with E-state index in [0.29, 0.717) is 0 Å². The number of nitrogens with two attached hydrogens (primary N) is 1. The number of likely N-dealkylation sites (N-methyl/N-ethyl adjacent to an activating group) is 1. The third-order valence-electron chi connectivity index (χ3n) is 3.13. The van der Waals surface area contributed by atoms with Crippen LogP contribution in [0.5, 0.6) is 0 Å². The highest BCUT2D eigenvalue weighted by molar-refractivity contribution is 5.58. The average Bonchev–Trinajstić information content (AvgIpc) is 2.39. The average molecular weight is 289 g/mol. The molecule has 3 heteroatoms. The van der Waals surface area contributed by atoms with Crippen molar-refractivity contribution in [3.8, 4) is 0 Å². The van der Waals surface area contributed by atoms with Gasteiger partial charge in [-0.3, -0.25) is 0 Å². The van der Waals surface area contributed by atoms with Gasteiger partial charge in [0.15, 0.2) is 0 Å². The Balaban J connectivity index is -0.000000408. The van der Waals surface area contributed by atoms with Gasteiger partial charge in [0, 0.05) is 5.54 Å². The van der Waals surface area contributed by atoms with Gasteiger partial charge in [-0.25, -0.2) is 0 Å². The molecule has 0 heterocycles. The van der Waals surface area contributed by atoms with Gasteiger partial charge in [0.25, 0.3) is 0 Å². The minimum Gasteiger partial charge on any atom is -0.325 e. The third kappa shape index (κ3) is 14.0. The summed E-state index contributed by atoms with van der Waals surface area (Å²) >= 11 is 0. The number of unbranched alkanes of at least 4 members (excludes halogenated alkanes) is 1. The molecular formula is C17H40N2O. The van der Waals surface area contributed by atoms with Gasteiger partial charge in [-0.1, -0.05) is 67.2 Å². The normalized spacial score (nSPS) is 15.7. The van der Waals surface area contributed by atoms with E-state index in [1.54, 1.807) is 7.05 Å². The van der Waals surface area contributed by atoms with E-state index in [-0.39, 0.29) is 17.5 Å². The van der Waals surface area contributed by atoms with Gasteiger partial charge in [-0.2, -0.15) is 0 Å². The first-order valence-corrected chi connectivity index (χ1v) is 8.23. The minimum atomic E-state index is -0.259. The Morgan fingerprint density at radius 2 is 1.55 bits per heavy atom. The standard InChI is InChI=1S/C11H24N2O.2C3H8/c1-5-6-7-11(3,12)9(2)10(8-14)13-4;2*1-3-2/h8-10,13H,5-7,12H2,1-4H3;2*3H2,1-2H3/t9-,10+,11-;;/m0../s1. The molecule has 0 fully saturated rings. The lowest BCUT2D eigenvalue weighted by Crippen LogP contribution is -2.52. The molecule has 124 valence electrons. The molecule has 0 aliphatic heterocycles. The van der Waals surface area contributed by atoms with E-state index >= 15 is 0 Å². The summed E-state index contributed by atoms with van der Waals surface area (Å²) in [7, 11) is 1.80. The van der Waals surface area contributed by atoms with Crippen molar-refractivity contribution in [3.05, 3.63) is 0 Å². The van der Waals surface area contributed by atoms with Crippen LogP contribution in [0.3, 0.4) is 0 Å². The second kappa shape index (κ2) is 16.6. The van der Waals surface area contributed by atoms with E-state index in [2.05, 4.69) is 39.9 Å². The molecule has 0 aliphatic rings. The molecule has 0 aromatic rings. The van der Waals surface area contributed by atoms with Crippen molar-refractivity contribution in [2.75, 3.05) is 7.05 Å². The summed E-state index contributed by atoms with van der Waals surface area (Å²) in [4.78, 5) is 10.8. The lowest BCUT2D eigenvalue weighted by molar-refractivity contribution is -0.111. The summed E-state index contributed by atoms with van der Waals surface area (Å²) in [5.74, 6) is 0.163. The number of carbonyl (C=O) groups is 1. The van der Waals surface area contributed by atoms with Gasteiger partial charge < -0.3 is 15.8 Å². The van der Waals surface area contributed by atoms with Crippen molar-refractivity contribution >= 4 is 6.29 Å². The summed E-state index contributed by atoms with van der Waals surface area (Å²) in [5, 5.41) is 2.99. The van der Waals surface area contributed by atoms with Gasteiger partial charge in [0.05, 0.1) is 6.04 Å². The van der Waals surface area contributed by atoms with Gasteiger partial charge in [-0.05, 0) is 26.3 Å². The summed E-state index contributed by atoms with van der Waals surface area (Å²) in [6.45, 7) is 14.7. The first kappa shape index (κ1) is 24.6. The minimum absolute atomic E-state index is 0.137. The van der Waals surface area contributed by atoms with Crippen molar-refractivity contribution in [3.63, 3.8) is 0 Å². The van der Waals surface area contributed by atoms with Gasteiger partial charge in [0.2, 0.25) is 0 Å². The molecule has 0 saturated heterocycles. The molecule has 3 N–H and O–H groups in total. The highest BCUT2D eigenvalue weighted by Crippen LogP contribution is 2.22. The fourth-order valence-corrected chi connectivity index (χ4v) is 1.63. The fraction of sp³-hybridized carbons (Fsp3) is 0.941. The summed E-state index contributed by atoms with van der Waals surface area (Å²) in [6, 6.07) is -0.137. The SMILES string of the molecule is CCC.CCC.CCCC[C@](C)(N)[C@@H](C)[C@@H](C=O)NC. The highest BCUT2D eigenvalue weighted by atomic mass is 16.1. The Hall–Kier alpha value is -0.410. The van der Waals surface area contributed by atoms with Gasteiger partial charge in [-0.15, -0.1) is 0 Å². The van der Waals surface area contributed by atoms with E-state index in [1.807, 2.05) is 13.8 Å². The second-order valence-corrected chi connectivity index (χ2v) is 5.76. The molecule has 20 heavy (non-hydrogen) atoms. The summed E-state index contributed by atoms with van der Waals surface area (Å²) in [5.41, 5.74) is 5.94. The molecule has 0 aliphatic carbocycles. The van der Waals surface area contributed by atoms with Crippen LogP contribution in [-0.2, 0) is 4.79 Å². The van der Waals surface area contributed by atoms with Gasteiger partial charge >= 0.3 is 0 Å². The fourth-order valence-electron chi connectivity index (χ4n) is 1.63. The lowest BCUT2D eigenvalue weighted by atomic mass is 9.79. The quantitative estimate of drug-likeness (QED) is 0.692. The smallest absolute Gasteiger partial charge is 0.137 e. The van der Waals surface area contributed by atoms with E-state index in [9.17, 15) is 4.79 Å². The van der Waals surface area contributed by atoms with E-state index in [0.717, 1.165) is 25.5 Å². The van der Waals surface area contributed by atoms with E-state index in [4.69, 9.17) is 5.73 Å². The van der Waals surface area contributed by atoms with Crippen molar-refractivity contribution < 1.29 is 4.79 Å². The zero-order chi connectivity index (χ0) is 16.6. The molecular weight excluding hydrogens is 248 g/mol. The number of hydrogen-bond donors (Lipinski definition) is 2. The number of carbonyl (C=O) groups excluding carboxylic acids is 1. The summed E-state index contributed by atoms with van der Waals surface area (Å²) in [6.07, 6.45) is 6.68. The third-order valence-corrected chi connectivity index (χ3v) is 3.13. The molecule has 0 spiro atoms. The van der Waals surface area contributed by atoms with Crippen LogP contribution in [-0.4, -0.2) is 24.9 Å². The maximum Gasteiger partial charge on any atom is 0.137 e. The van der Waals surface area contributed by atoms with Crippen LogP contribution in [0, 0.1) is 5.92 Å². The number of rotatable bonds is 7. The van der Waals surface area contributed by atoms with Crippen molar-refractivity contribution in [2.24, 2.45) is 11.7 Å². The Kier molecular flexibility index (Phi) is 20.5. The number of nitrogens with one attached hydrogen (secondary N) is 1. The number of aldehydes is 1. The van der Waals surface area contributed by atoms with Crippen LogP contribution < -0.4 is 11.1 Å². The van der Waals surface area contributed by atoms with Crippen LogP contribution in [0.25, 0.3) is 0 Å². The molecule has 0 radical (unpaired) electrons. The van der Waals surface area contributed by atoms with Crippen LogP contribution in [0.2, 0.25) is 0 Å². The van der Waals surface area contributed by atoms with Crippen molar-refractivity contribution in [2.45, 2.75) is 92.2 Å². The lowest BCUT2D eigenvalue weighted by Gasteiger charge is -2.35. The first-order chi connectivity index (χ1) is 9.32. The molecule has 0 bridgehead atoms. The maximum absolute atomic E-state index is 10.8. The van der Waals surface area contributed by atoms with Crippen LogP contribution in [0.1, 0.15) is 80.6 Å². The van der Waals surface area contributed by atoms with Crippen LogP contribution >= 0.6 is 0 Å². The van der Waals surface area contributed by atoms with Crippen LogP contribution in [0.4, 0.5) is 0 Å². The largest absolute Gasteiger partial charge is 0.325 e. The number of hydrogen-bond acceptors (Lipinski definition) is 3. The Labute approximate surface area is 128 Å². The Morgan fingerprint density at radius 3 is 1.80 bits per heavy atom. The van der Waals surface area contributed by atoms with Crippen LogP contribution in [0.15, 0.2) is 0 Å². The molecule has 0 saturated carbocycles. The topological polar surface area (TPSA) is 55.1 Å². The molecule has 0 unspecified atom stereocenters. The predicted molar refractivity (Wildman–Crippen MR) is 92.1 cm³/mol. The first-order valence-electron chi connectivity index (χ1n) is 8.23. The molecule has 3 nitrogen and oxygen atoms in total. The predicted octanol–water partition coefficient (Wildman–Crippen LogP) is 4.15. The molecule has 3 atom stereocenters. The second-order valence-electron chi connectivity index (χ2n) is 5.76. The van der Waals surface area contributed by atoms with E-state index in [1.165, 1.54) is 12.8 Å². The zero-order valence-electron chi connectivity index (χ0n) is 15.3. The monoisotopic (exact) mass is 288 g/mol. The summed E-state index contributed by atoms with van der Waals surface area (Å²) < 4.78 is 0. The molecule has 0 aromatic heterocycles.